The lowest BCUT2D eigenvalue weighted by molar-refractivity contribution is -0.139. The molecule has 0 aromatic heterocycles. The van der Waals surface area contributed by atoms with E-state index in [1.54, 1.807) is 23.1 Å². The van der Waals surface area contributed by atoms with Gasteiger partial charge < -0.3 is 10.2 Å². The highest BCUT2D eigenvalue weighted by Gasteiger charge is 2.31. The van der Waals surface area contributed by atoms with Crippen molar-refractivity contribution < 1.29 is 9.59 Å². The molecular weight excluding hydrogens is 535 g/mol. The highest BCUT2D eigenvalue weighted by atomic mass is 35.5. The monoisotopic (exact) mass is 562 g/mol. The molecule has 3 aromatic carbocycles. The first-order chi connectivity index (χ1) is 17.2. The first-order valence-corrected chi connectivity index (χ1v) is 13.9. The van der Waals surface area contributed by atoms with Gasteiger partial charge in [-0.25, -0.2) is 0 Å². The van der Waals surface area contributed by atoms with Gasteiger partial charge in [0.15, 0.2) is 0 Å². The van der Waals surface area contributed by atoms with Crippen molar-refractivity contribution in [1.29, 1.82) is 0 Å². The predicted molar refractivity (Wildman–Crippen MR) is 152 cm³/mol. The number of nitrogens with one attached hydrogen (secondary N) is 1. The van der Waals surface area contributed by atoms with Crippen LogP contribution in [0.15, 0.2) is 72.8 Å². The Bertz CT molecular complexity index is 1170. The number of hydrogen-bond acceptors (Lipinski definition) is 3. The summed E-state index contributed by atoms with van der Waals surface area (Å²) >= 11 is 20.1. The minimum Gasteiger partial charge on any atom is -0.352 e. The maximum Gasteiger partial charge on any atom is 0.243 e. The van der Waals surface area contributed by atoms with Crippen molar-refractivity contribution in [2.75, 3.05) is 5.75 Å². The van der Waals surface area contributed by atoms with E-state index in [-0.39, 0.29) is 30.2 Å². The minimum atomic E-state index is -0.708. The first-order valence-electron chi connectivity index (χ1n) is 11.6. The first kappa shape index (κ1) is 28.4. The Kier molecular flexibility index (Phi) is 11.0. The lowest BCUT2D eigenvalue weighted by Crippen LogP contribution is -2.52. The molecule has 1 atom stereocenters. The van der Waals surface area contributed by atoms with Crippen molar-refractivity contribution in [3.05, 3.63) is 105 Å². The molecule has 0 saturated carbocycles. The van der Waals surface area contributed by atoms with Crippen LogP contribution in [0.1, 0.15) is 30.5 Å². The molecule has 0 unspecified atom stereocenters. The van der Waals surface area contributed by atoms with Gasteiger partial charge in [0.1, 0.15) is 6.04 Å². The van der Waals surface area contributed by atoms with Crippen molar-refractivity contribution in [3.63, 3.8) is 0 Å². The Hall–Kier alpha value is -2.18. The summed E-state index contributed by atoms with van der Waals surface area (Å²) in [4.78, 5) is 28.6. The van der Waals surface area contributed by atoms with E-state index in [9.17, 15) is 9.59 Å². The van der Waals surface area contributed by atoms with E-state index in [1.807, 2.05) is 68.4 Å². The molecule has 1 N–H and O–H groups in total. The molecule has 0 aliphatic carbocycles. The molecule has 8 heteroatoms. The molecule has 0 heterocycles. The zero-order chi connectivity index (χ0) is 26.1. The van der Waals surface area contributed by atoms with E-state index >= 15 is 0 Å². The third kappa shape index (κ3) is 8.74. The highest BCUT2D eigenvalue weighted by molar-refractivity contribution is 7.99. The maximum atomic E-state index is 13.6. The van der Waals surface area contributed by atoms with Crippen LogP contribution in [0.25, 0.3) is 0 Å². The summed E-state index contributed by atoms with van der Waals surface area (Å²) in [5, 5.41) is 4.61. The van der Waals surface area contributed by atoms with E-state index in [0.717, 1.165) is 16.7 Å². The van der Waals surface area contributed by atoms with E-state index in [4.69, 9.17) is 34.8 Å². The fourth-order valence-electron chi connectivity index (χ4n) is 3.73. The van der Waals surface area contributed by atoms with Crippen LogP contribution in [-0.2, 0) is 28.3 Å². The fourth-order valence-corrected chi connectivity index (χ4v) is 5.27. The van der Waals surface area contributed by atoms with E-state index in [2.05, 4.69) is 5.32 Å². The van der Waals surface area contributed by atoms with Gasteiger partial charge in [-0.3, -0.25) is 9.59 Å². The summed E-state index contributed by atoms with van der Waals surface area (Å²) in [5.74, 6) is 0.487. The van der Waals surface area contributed by atoms with E-state index in [1.165, 1.54) is 11.8 Å². The summed E-state index contributed by atoms with van der Waals surface area (Å²) in [6, 6.07) is 21.7. The minimum absolute atomic E-state index is 0.0657. The Morgan fingerprint density at radius 1 is 0.889 bits per heavy atom. The summed E-state index contributed by atoms with van der Waals surface area (Å²) < 4.78 is 0. The topological polar surface area (TPSA) is 49.4 Å². The SMILES string of the molecule is CC(C)NC(=O)[C@@H](Cc1ccccc1)N(Cc1ccc(Cl)cc1Cl)C(=O)CSCc1cccc(Cl)c1. The van der Waals surface area contributed by atoms with Gasteiger partial charge in [-0.05, 0) is 54.8 Å². The lowest BCUT2D eigenvalue weighted by atomic mass is 10.0. The smallest absolute Gasteiger partial charge is 0.243 e. The summed E-state index contributed by atoms with van der Waals surface area (Å²) in [7, 11) is 0. The van der Waals surface area contributed by atoms with Crippen LogP contribution in [0, 0.1) is 0 Å². The van der Waals surface area contributed by atoms with Crippen LogP contribution < -0.4 is 5.32 Å². The average Bonchev–Trinajstić information content (AvgIpc) is 2.82. The summed E-state index contributed by atoms with van der Waals surface area (Å²) in [5.41, 5.74) is 2.73. The number of nitrogens with zero attached hydrogens (tertiary/aromatic N) is 1. The number of thioether (sulfide) groups is 1. The molecule has 0 saturated heterocycles. The molecule has 3 rings (SSSR count). The predicted octanol–water partition coefficient (Wildman–Crippen LogP) is 7.04. The Balaban J connectivity index is 1.88. The average molecular weight is 564 g/mol. The number of carbonyl (C=O) groups is 2. The van der Waals surface area contributed by atoms with Crippen molar-refractivity contribution >= 4 is 58.4 Å². The van der Waals surface area contributed by atoms with Crippen LogP contribution in [-0.4, -0.2) is 34.6 Å². The molecule has 0 aliphatic rings. The fraction of sp³-hybridized carbons (Fsp3) is 0.286. The number of hydrogen-bond donors (Lipinski definition) is 1. The van der Waals surface area contributed by atoms with Crippen LogP contribution in [0.2, 0.25) is 15.1 Å². The zero-order valence-corrected chi connectivity index (χ0v) is 23.3. The molecule has 36 heavy (non-hydrogen) atoms. The molecule has 0 fully saturated rings. The largest absolute Gasteiger partial charge is 0.352 e. The van der Waals surface area contributed by atoms with Crippen molar-refractivity contribution in [2.24, 2.45) is 0 Å². The van der Waals surface area contributed by atoms with Crippen LogP contribution in [0.4, 0.5) is 0 Å². The number of benzene rings is 3. The maximum absolute atomic E-state index is 13.6. The van der Waals surface area contributed by atoms with E-state index in [0.29, 0.717) is 27.2 Å². The summed E-state index contributed by atoms with van der Waals surface area (Å²) in [6.45, 7) is 4.00. The third-order valence-corrected chi connectivity index (χ3v) is 7.25. The second kappa shape index (κ2) is 13.9. The van der Waals surface area contributed by atoms with Gasteiger partial charge in [0.2, 0.25) is 11.8 Å². The quantitative estimate of drug-likeness (QED) is 0.272. The van der Waals surface area contributed by atoms with Gasteiger partial charge in [0, 0.05) is 39.8 Å². The summed E-state index contributed by atoms with van der Waals surface area (Å²) in [6.07, 6.45) is 0.384. The standard InChI is InChI=1S/C28H29Cl3N2O2S/c1-19(2)32-28(35)26(14-20-7-4-3-5-8-20)33(16-22-11-12-24(30)15-25(22)31)27(34)18-36-17-21-9-6-10-23(29)13-21/h3-13,15,19,26H,14,16-18H2,1-2H3,(H,32,35)/t26-/m1/s1. The molecular formula is C28H29Cl3N2O2S. The van der Waals surface area contributed by atoms with Gasteiger partial charge >= 0.3 is 0 Å². The molecule has 0 spiro atoms. The third-order valence-electron chi connectivity index (χ3n) is 5.44. The molecule has 0 radical (unpaired) electrons. The van der Waals surface area contributed by atoms with Crippen molar-refractivity contribution in [2.45, 2.75) is 44.6 Å². The zero-order valence-electron chi connectivity index (χ0n) is 20.2. The van der Waals surface area contributed by atoms with Gasteiger partial charge in [-0.2, -0.15) is 0 Å². The second-order valence-electron chi connectivity index (χ2n) is 8.75. The molecule has 2 amide bonds. The Morgan fingerprint density at radius 3 is 2.25 bits per heavy atom. The molecule has 0 bridgehead atoms. The molecule has 190 valence electrons. The van der Waals surface area contributed by atoms with Crippen molar-refractivity contribution in [1.82, 2.24) is 10.2 Å². The highest BCUT2D eigenvalue weighted by Crippen LogP contribution is 2.25. The Morgan fingerprint density at radius 2 is 1.58 bits per heavy atom. The van der Waals surface area contributed by atoms with Crippen LogP contribution in [0.5, 0.6) is 0 Å². The van der Waals surface area contributed by atoms with Gasteiger partial charge in [0.05, 0.1) is 5.75 Å². The number of rotatable bonds is 11. The molecule has 4 nitrogen and oxygen atoms in total. The molecule has 0 aliphatic heterocycles. The normalized spacial score (nSPS) is 11.8. The lowest BCUT2D eigenvalue weighted by Gasteiger charge is -2.32. The number of amides is 2. The van der Waals surface area contributed by atoms with Crippen LogP contribution in [0.3, 0.4) is 0 Å². The number of carbonyl (C=O) groups excluding carboxylic acids is 2. The Labute approximate surface area is 232 Å². The van der Waals surface area contributed by atoms with Crippen molar-refractivity contribution in [3.8, 4) is 0 Å². The van der Waals surface area contributed by atoms with Gasteiger partial charge in [-0.15, -0.1) is 11.8 Å². The van der Waals surface area contributed by atoms with Gasteiger partial charge in [-0.1, -0.05) is 83.3 Å². The van der Waals surface area contributed by atoms with E-state index < -0.39 is 6.04 Å². The second-order valence-corrected chi connectivity index (χ2v) is 11.0. The molecule has 3 aromatic rings. The number of halogens is 3. The van der Waals surface area contributed by atoms with Gasteiger partial charge in [0.25, 0.3) is 0 Å². The van der Waals surface area contributed by atoms with Crippen LogP contribution >= 0.6 is 46.6 Å².